The number of aryl methyl sites for hydroxylation is 1. The van der Waals surface area contributed by atoms with Gasteiger partial charge < -0.3 is 15.4 Å². The van der Waals surface area contributed by atoms with Crippen molar-refractivity contribution in [3.8, 4) is 5.75 Å². The van der Waals surface area contributed by atoms with Crippen LogP contribution in [-0.2, 0) is 5.41 Å². The van der Waals surface area contributed by atoms with Crippen LogP contribution in [0.4, 0.5) is 17.3 Å². The molecule has 0 bridgehead atoms. The molecule has 2 N–H and O–H groups in total. The number of ether oxygens (including phenoxy) is 1. The van der Waals surface area contributed by atoms with Crippen molar-refractivity contribution in [3.05, 3.63) is 71.5 Å². The van der Waals surface area contributed by atoms with E-state index in [1.54, 1.807) is 37.4 Å². The van der Waals surface area contributed by atoms with Crippen molar-refractivity contribution in [2.75, 3.05) is 17.7 Å². The van der Waals surface area contributed by atoms with Crippen LogP contribution in [0.2, 0.25) is 0 Å². The lowest BCUT2D eigenvalue weighted by Gasteiger charge is -2.23. The third-order valence-corrected chi connectivity index (χ3v) is 4.42. The number of anilines is 3. The number of nitrogens with zero attached hydrogens (tertiary/aromatic N) is 2. The molecule has 1 amide bonds. The van der Waals surface area contributed by atoms with E-state index in [0.29, 0.717) is 23.0 Å². The molecule has 2 aromatic carbocycles. The summed E-state index contributed by atoms with van der Waals surface area (Å²) in [6.07, 6.45) is 0. The van der Waals surface area contributed by atoms with Gasteiger partial charge in [-0.25, -0.2) is 9.97 Å². The zero-order valence-electron chi connectivity index (χ0n) is 17.4. The first-order valence-electron chi connectivity index (χ1n) is 9.44. The maximum absolute atomic E-state index is 12.7. The van der Waals surface area contributed by atoms with Crippen LogP contribution in [0, 0.1) is 6.92 Å². The van der Waals surface area contributed by atoms with E-state index >= 15 is 0 Å². The average molecular weight is 390 g/mol. The van der Waals surface area contributed by atoms with Crippen LogP contribution in [0.25, 0.3) is 0 Å². The molecule has 0 fully saturated rings. The molecule has 0 radical (unpaired) electrons. The first-order chi connectivity index (χ1) is 13.8. The van der Waals surface area contributed by atoms with Gasteiger partial charge >= 0.3 is 0 Å². The van der Waals surface area contributed by atoms with Gasteiger partial charge in [-0.2, -0.15) is 0 Å². The Morgan fingerprint density at radius 2 is 1.69 bits per heavy atom. The van der Waals surface area contributed by atoms with Gasteiger partial charge in [0.2, 0.25) is 5.95 Å². The minimum absolute atomic E-state index is 0.0397. The molecular formula is C23H26N4O2. The summed E-state index contributed by atoms with van der Waals surface area (Å²) in [5.74, 6) is 0.819. The first kappa shape index (κ1) is 20.3. The standard InChI is InChI=1S/C23H26N4O2/c1-15-14-20(21(28)25-16-10-12-17(29-5)13-11-16)27-22(24-15)26-19-9-7-6-8-18(19)23(2,3)4/h6-14H,1-5H3,(H,25,28)(H,24,26,27). The van der Waals surface area contributed by atoms with Crippen molar-refractivity contribution in [1.82, 2.24) is 9.97 Å². The Morgan fingerprint density at radius 1 is 1.00 bits per heavy atom. The molecule has 0 saturated carbocycles. The zero-order chi connectivity index (χ0) is 21.0. The molecule has 0 atom stereocenters. The van der Waals surface area contributed by atoms with E-state index in [0.717, 1.165) is 17.0 Å². The molecule has 6 nitrogen and oxygen atoms in total. The Morgan fingerprint density at radius 3 is 2.34 bits per heavy atom. The smallest absolute Gasteiger partial charge is 0.274 e. The molecule has 3 rings (SSSR count). The highest BCUT2D eigenvalue weighted by molar-refractivity contribution is 6.03. The van der Waals surface area contributed by atoms with Gasteiger partial charge in [0.15, 0.2) is 0 Å². The van der Waals surface area contributed by atoms with Gasteiger partial charge in [-0.05, 0) is 54.3 Å². The van der Waals surface area contributed by atoms with Crippen LogP contribution >= 0.6 is 0 Å². The predicted molar refractivity (Wildman–Crippen MR) is 116 cm³/mol. The van der Waals surface area contributed by atoms with Crippen molar-refractivity contribution < 1.29 is 9.53 Å². The Hall–Kier alpha value is -3.41. The molecule has 0 spiro atoms. The molecule has 1 aromatic heterocycles. The fraction of sp³-hybridized carbons (Fsp3) is 0.261. The fourth-order valence-electron chi connectivity index (χ4n) is 2.98. The topological polar surface area (TPSA) is 76.1 Å². The van der Waals surface area contributed by atoms with Crippen molar-refractivity contribution in [3.63, 3.8) is 0 Å². The summed E-state index contributed by atoms with van der Waals surface area (Å²) in [5, 5.41) is 6.13. The van der Waals surface area contributed by atoms with Gasteiger partial charge in [-0.15, -0.1) is 0 Å². The minimum Gasteiger partial charge on any atom is -0.497 e. The Balaban J connectivity index is 1.84. The highest BCUT2D eigenvalue weighted by atomic mass is 16.5. The number of carbonyl (C=O) groups excluding carboxylic acids is 1. The number of amides is 1. The molecule has 0 unspecified atom stereocenters. The van der Waals surface area contributed by atoms with E-state index in [2.05, 4.69) is 47.4 Å². The monoisotopic (exact) mass is 390 g/mol. The predicted octanol–water partition coefficient (Wildman–Crippen LogP) is 5.09. The normalized spacial score (nSPS) is 11.1. The summed E-state index contributed by atoms with van der Waals surface area (Å²) in [5.41, 5.74) is 3.70. The average Bonchev–Trinajstić information content (AvgIpc) is 2.67. The molecule has 29 heavy (non-hydrogen) atoms. The molecular weight excluding hydrogens is 364 g/mol. The van der Waals surface area contributed by atoms with E-state index in [1.807, 2.05) is 25.1 Å². The van der Waals surface area contributed by atoms with E-state index in [1.165, 1.54) is 0 Å². The largest absolute Gasteiger partial charge is 0.497 e. The number of benzene rings is 2. The van der Waals surface area contributed by atoms with Gasteiger partial charge in [0.25, 0.3) is 5.91 Å². The number of carbonyl (C=O) groups is 1. The second kappa shape index (κ2) is 8.31. The van der Waals surface area contributed by atoms with Crippen molar-refractivity contribution in [2.45, 2.75) is 33.1 Å². The summed E-state index contributed by atoms with van der Waals surface area (Å²) in [6.45, 7) is 8.29. The SMILES string of the molecule is COc1ccc(NC(=O)c2cc(C)nc(Nc3ccccc3C(C)(C)C)n2)cc1. The second-order valence-electron chi connectivity index (χ2n) is 7.82. The fourth-order valence-corrected chi connectivity index (χ4v) is 2.98. The lowest BCUT2D eigenvalue weighted by Crippen LogP contribution is -2.17. The van der Waals surface area contributed by atoms with Crippen LogP contribution in [-0.4, -0.2) is 23.0 Å². The number of hydrogen-bond donors (Lipinski definition) is 2. The third kappa shape index (κ3) is 5.10. The molecule has 0 aliphatic rings. The molecule has 150 valence electrons. The number of hydrogen-bond acceptors (Lipinski definition) is 5. The van der Waals surface area contributed by atoms with Crippen molar-refractivity contribution in [2.24, 2.45) is 0 Å². The third-order valence-electron chi connectivity index (χ3n) is 4.42. The van der Waals surface area contributed by atoms with E-state index in [4.69, 9.17) is 4.74 Å². The Labute approximate surface area is 171 Å². The van der Waals surface area contributed by atoms with E-state index < -0.39 is 0 Å². The van der Waals surface area contributed by atoms with Crippen LogP contribution in [0.5, 0.6) is 5.75 Å². The summed E-state index contributed by atoms with van der Waals surface area (Å²) >= 11 is 0. The van der Waals surface area contributed by atoms with E-state index in [9.17, 15) is 4.79 Å². The lowest BCUT2D eigenvalue weighted by molar-refractivity contribution is 0.102. The Bertz CT molecular complexity index is 1010. The number of rotatable bonds is 5. The number of nitrogens with one attached hydrogen (secondary N) is 2. The van der Waals surface area contributed by atoms with Crippen LogP contribution in [0.1, 0.15) is 42.5 Å². The van der Waals surface area contributed by atoms with Gasteiger partial charge in [-0.3, -0.25) is 4.79 Å². The van der Waals surface area contributed by atoms with Crippen LogP contribution < -0.4 is 15.4 Å². The maximum Gasteiger partial charge on any atom is 0.274 e. The summed E-state index contributed by atoms with van der Waals surface area (Å²) in [4.78, 5) is 21.6. The quantitative estimate of drug-likeness (QED) is 0.635. The highest BCUT2D eigenvalue weighted by Gasteiger charge is 2.18. The molecule has 0 aliphatic heterocycles. The number of aromatic nitrogens is 2. The van der Waals surface area contributed by atoms with E-state index in [-0.39, 0.29) is 11.3 Å². The minimum atomic E-state index is -0.298. The summed E-state index contributed by atoms with van der Waals surface area (Å²) in [7, 11) is 1.60. The summed E-state index contributed by atoms with van der Waals surface area (Å²) < 4.78 is 5.14. The van der Waals surface area contributed by atoms with Gasteiger partial charge in [-0.1, -0.05) is 39.0 Å². The molecule has 3 aromatic rings. The molecule has 1 heterocycles. The maximum atomic E-state index is 12.7. The van der Waals surface area contributed by atoms with Crippen LogP contribution in [0.15, 0.2) is 54.6 Å². The van der Waals surface area contributed by atoms with Gasteiger partial charge in [0.05, 0.1) is 7.11 Å². The lowest BCUT2D eigenvalue weighted by atomic mass is 9.86. The van der Waals surface area contributed by atoms with Crippen molar-refractivity contribution in [1.29, 1.82) is 0 Å². The Kier molecular flexibility index (Phi) is 5.82. The zero-order valence-corrected chi connectivity index (χ0v) is 17.4. The highest BCUT2D eigenvalue weighted by Crippen LogP contribution is 2.30. The molecule has 0 saturated heterocycles. The first-order valence-corrected chi connectivity index (χ1v) is 9.44. The number of methoxy groups -OCH3 is 1. The van der Waals surface area contributed by atoms with Gasteiger partial charge in [0, 0.05) is 17.1 Å². The molecule has 6 heteroatoms. The second-order valence-corrected chi connectivity index (χ2v) is 7.82. The van der Waals surface area contributed by atoms with Crippen molar-refractivity contribution >= 4 is 23.2 Å². The number of para-hydroxylation sites is 1. The summed E-state index contributed by atoms with van der Waals surface area (Å²) in [6, 6.07) is 16.8. The van der Waals surface area contributed by atoms with Gasteiger partial charge in [0.1, 0.15) is 11.4 Å². The van der Waals surface area contributed by atoms with Crippen LogP contribution in [0.3, 0.4) is 0 Å². The molecule has 0 aliphatic carbocycles.